The molecule has 2 aromatic rings. The number of hydrogen-bond donors (Lipinski definition) is 4. The second-order valence-corrected chi connectivity index (χ2v) is 7.41. The number of rotatable bonds is 6. The van der Waals surface area contributed by atoms with Gasteiger partial charge < -0.3 is 25.0 Å². The quantitative estimate of drug-likeness (QED) is 0.526. The number of aromatic carboxylic acids is 1. The van der Waals surface area contributed by atoms with E-state index in [0.29, 0.717) is 18.1 Å². The molecule has 0 aliphatic carbocycles. The topological polar surface area (TPSA) is 148 Å². The zero-order valence-corrected chi connectivity index (χ0v) is 16.6. The molecule has 11 nitrogen and oxygen atoms in total. The molecule has 2 aliphatic heterocycles. The number of hydrogen-bond acceptors (Lipinski definition) is 8. The molecule has 4 heterocycles. The van der Waals surface area contributed by atoms with Crippen LogP contribution in [0.5, 0.6) is 5.75 Å². The molecule has 0 aromatic carbocycles. The number of ether oxygens (including phenoxy) is 1. The van der Waals surface area contributed by atoms with Crippen molar-refractivity contribution in [3.8, 4) is 5.75 Å². The molecule has 1 fully saturated rings. The lowest BCUT2D eigenvalue weighted by molar-refractivity contribution is 0.0535. The molecule has 31 heavy (non-hydrogen) atoms. The highest BCUT2D eigenvalue weighted by atomic mass is 16.5. The van der Waals surface area contributed by atoms with Gasteiger partial charge in [0.15, 0.2) is 11.5 Å². The number of carboxylic acid groups (broad SMARTS) is 1. The maximum Gasteiger partial charge on any atom is 0.354 e. The van der Waals surface area contributed by atoms with Crippen molar-refractivity contribution in [3.63, 3.8) is 0 Å². The molecule has 2 aromatic heterocycles. The molecule has 0 saturated carbocycles. The predicted octanol–water partition coefficient (Wildman–Crippen LogP) is 0.928. The highest BCUT2D eigenvalue weighted by Crippen LogP contribution is 2.38. The summed E-state index contributed by atoms with van der Waals surface area (Å²) >= 11 is 0. The smallest absolute Gasteiger partial charge is 0.354 e. The Labute approximate surface area is 177 Å². The van der Waals surface area contributed by atoms with E-state index in [4.69, 9.17) is 9.84 Å². The van der Waals surface area contributed by atoms with Crippen molar-refractivity contribution >= 4 is 29.3 Å². The third-order valence-electron chi connectivity index (χ3n) is 5.25. The van der Waals surface area contributed by atoms with Gasteiger partial charge in [-0.25, -0.2) is 19.6 Å². The number of urea groups is 1. The molecule has 164 valence electrons. The van der Waals surface area contributed by atoms with E-state index in [0.717, 1.165) is 25.1 Å². The Hall–Kier alpha value is -3.44. The van der Waals surface area contributed by atoms with Crippen LogP contribution < -0.4 is 19.9 Å². The van der Waals surface area contributed by atoms with E-state index in [1.807, 2.05) is 0 Å². The predicted molar refractivity (Wildman–Crippen MR) is 111 cm³/mol. The molecule has 0 unspecified atom stereocenters. The lowest BCUT2D eigenvalue weighted by atomic mass is 10.00. The van der Waals surface area contributed by atoms with Gasteiger partial charge in [0.2, 0.25) is 0 Å². The fraction of sp³-hybridized carbons (Fsp3) is 0.400. The minimum absolute atomic E-state index is 0.0792. The van der Waals surface area contributed by atoms with Gasteiger partial charge in [-0.3, -0.25) is 10.2 Å². The largest absolute Gasteiger partial charge is 0.489 e. The lowest BCUT2D eigenvalue weighted by Gasteiger charge is -2.45. The van der Waals surface area contributed by atoms with Gasteiger partial charge >= 0.3 is 12.0 Å². The van der Waals surface area contributed by atoms with Crippen LogP contribution in [0.1, 0.15) is 23.3 Å². The standard InChI is InChI=1S/C20H23N5O6/c26-10-13(27)11-31-14-3-6-17(21-8-14)23-20(30)25-12-2-1-7-24(9-12)16-5-4-15(19(28)29)22-18(16)25/h3-6,8,12-13,26-27H,1-2,7,9-11H2,(H,28,29)(H,21,23,30)/t12-,13-/m0/s1. The summed E-state index contributed by atoms with van der Waals surface area (Å²) in [5, 5.41) is 30.2. The number of carboxylic acids is 1. The van der Waals surface area contributed by atoms with Crippen molar-refractivity contribution in [3.05, 3.63) is 36.2 Å². The number of amides is 2. The van der Waals surface area contributed by atoms with Crippen LogP contribution in [0.15, 0.2) is 30.5 Å². The third-order valence-corrected chi connectivity index (χ3v) is 5.25. The van der Waals surface area contributed by atoms with Crippen LogP contribution in [-0.4, -0.2) is 75.7 Å². The molecule has 4 rings (SSSR count). The van der Waals surface area contributed by atoms with Crippen molar-refractivity contribution in [1.29, 1.82) is 0 Å². The van der Waals surface area contributed by atoms with E-state index in [2.05, 4.69) is 20.2 Å². The van der Waals surface area contributed by atoms with Crippen molar-refractivity contribution in [2.45, 2.75) is 25.0 Å². The maximum atomic E-state index is 13.1. The van der Waals surface area contributed by atoms with Gasteiger partial charge in [-0.2, -0.15) is 0 Å². The Balaban J connectivity index is 1.53. The maximum absolute atomic E-state index is 13.1. The first-order valence-corrected chi connectivity index (χ1v) is 9.93. The van der Waals surface area contributed by atoms with Crippen molar-refractivity contribution < 1.29 is 29.6 Å². The van der Waals surface area contributed by atoms with E-state index in [1.165, 1.54) is 17.2 Å². The zero-order valence-electron chi connectivity index (χ0n) is 16.6. The average molecular weight is 429 g/mol. The van der Waals surface area contributed by atoms with Gasteiger partial charge in [0.1, 0.15) is 24.3 Å². The molecular formula is C20H23N5O6. The minimum Gasteiger partial charge on any atom is -0.489 e. The summed E-state index contributed by atoms with van der Waals surface area (Å²) in [6.07, 6.45) is 2.11. The van der Waals surface area contributed by atoms with Crippen molar-refractivity contribution in [1.82, 2.24) is 9.97 Å². The second kappa shape index (κ2) is 8.74. The summed E-state index contributed by atoms with van der Waals surface area (Å²) in [5.74, 6) is -0.164. The summed E-state index contributed by atoms with van der Waals surface area (Å²) in [6.45, 7) is 1.00. The molecular weight excluding hydrogens is 406 g/mol. The van der Waals surface area contributed by atoms with Crippen LogP contribution in [0.3, 0.4) is 0 Å². The molecule has 1 saturated heterocycles. The number of aliphatic hydroxyl groups is 2. The minimum atomic E-state index is -1.16. The van der Waals surface area contributed by atoms with E-state index in [1.54, 1.807) is 18.2 Å². The Morgan fingerprint density at radius 1 is 1.29 bits per heavy atom. The fourth-order valence-corrected chi connectivity index (χ4v) is 3.76. The fourth-order valence-electron chi connectivity index (χ4n) is 3.76. The Morgan fingerprint density at radius 3 is 2.84 bits per heavy atom. The lowest BCUT2D eigenvalue weighted by Crippen LogP contribution is -2.56. The van der Waals surface area contributed by atoms with Gasteiger partial charge in [0.25, 0.3) is 0 Å². The average Bonchev–Trinajstić information content (AvgIpc) is 2.78. The van der Waals surface area contributed by atoms with Crippen LogP contribution in [-0.2, 0) is 0 Å². The summed E-state index contributed by atoms with van der Waals surface area (Å²) in [4.78, 5) is 36.6. The molecule has 2 atom stereocenters. The van der Waals surface area contributed by atoms with E-state index in [-0.39, 0.29) is 24.2 Å². The van der Waals surface area contributed by atoms with Crippen LogP contribution in [0.2, 0.25) is 0 Å². The summed E-state index contributed by atoms with van der Waals surface area (Å²) < 4.78 is 5.30. The molecule has 2 amide bonds. The Bertz CT molecular complexity index is 969. The molecule has 4 N–H and O–H groups in total. The first-order chi connectivity index (χ1) is 15.0. The number of anilines is 3. The zero-order chi connectivity index (χ0) is 22.0. The van der Waals surface area contributed by atoms with Gasteiger partial charge in [-0.1, -0.05) is 0 Å². The van der Waals surface area contributed by atoms with Gasteiger partial charge in [0.05, 0.1) is 24.5 Å². The number of aliphatic hydroxyl groups excluding tert-OH is 2. The van der Waals surface area contributed by atoms with E-state index < -0.39 is 24.7 Å². The number of piperidine rings is 1. The van der Waals surface area contributed by atoms with Crippen LogP contribution in [0, 0.1) is 0 Å². The number of aromatic nitrogens is 2. The number of carbonyl (C=O) groups excluding carboxylic acids is 1. The number of pyridine rings is 2. The summed E-state index contributed by atoms with van der Waals surface area (Å²) in [7, 11) is 0. The number of nitrogens with one attached hydrogen (secondary N) is 1. The normalized spacial score (nSPS) is 18.2. The summed E-state index contributed by atoms with van der Waals surface area (Å²) in [6, 6.07) is 5.71. The SMILES string of the molecule is O=C(O)c1ccc2c(n1)N(C(=O)Nc1ccc(OC[C@@H](O)CO)cn1)[C@H]1CCCN2C1. The van der Waals surface area contributed by atoms with Crippen molar-refractivity contribution in [2.24, 2.45) is 0 Å². The highest BCUT2D eigenvalue weighted by molar-refractivity contribution is 6.04. The van der Waals surface area contributed by atoms with Gasteiger partial charge in [-0.15, -0.1) is 0 Å². The number of fused-ring (bicyclic) bond motifs is 4. The van der Waals surface area contributed by atoms with Crippen LogP contribution >= 0.6 is 0 Å². The van der Waals surface area contributed by atoms with Crippen molar-refractivity contribution in [2.75, 3.05) is 41.4 Å². The van der Waals surface area contributed by atoms with Gasteiger partial charge in [-0.05, 0) is 37.1 Å². The van der Waals surface area contributed by atoms with E-state index >= 15 is 0 Å². The molecule has 0 spiro atoms. The molecule has 0 radical (unpaired) electrons. The number of carbonyl (C=O) groups is 2. The molecule has 2 aliphatic rings. The van der Waals surface area contributed by atoms with Crippen LogP contribution in [0.4, 0.5) is 22.1 Å². The summed E-state index contributed by atoms with van der Waals surface area (Å²) in [5.41, 5.74) is 0.609. The monoisotopic (exact) mass is 429 g/mol. The van der Waals surface area contributed by atoms with E-state index in [9.17, 15) is 19.8 Å². The Kier molecular flexibility index (Phi) is 5.87. The second-order valence-electron chi connectivity index (χ2n) is 7.41. The first kappa shape index (κ1) is 20.8. The van der Waals surface area contributed by atoms with Crippen LogP contribution in [0.25, 0.3) is 0 Å². The third kappa shape index (κ3) is 4.37. The molecule has 11 heteroatoms. The molecule has 2 bridgehead atoms. The Morgan fingerprint density at radius 2 is 2.13 bits per heavy atom. The number of nitrogens with zero attached hydrogens (tertiary/aromatic N) is 4. The highest BCUT2D eigenvalue weighted by Gasteiger charge is 2.38. The first-order valence-electron chi connectivity index (χ1n) is 9.93. The van der Waals surface area contributed by atoms with Gasteiger partial charge in [0, 0.05) is 13.1 Å².